The number of carboxylic acid groups (broad SMARTS) is 1. The Labute approximate surface area is 132 Å². The first-order valence-corrected chi connectivity index (χ1v) is 7.77. The van der Waals surface area contributed by atoms with Crippen molar-refractivity contribution in [3.05, 3.63) is 29.3 Å². The predicted octanol–water partition coefficient (Wildman–Crippen LogP) is 2.04. The number of hydrogen-bond donors (Lipinski definition) is 2. The number of halogens is 1. The van der Waals surface area contributed by atoms with E-state index in [0.717, 1.165) is 4.90 Å². The lowest BCUT2D eigenvalue weighted by Gasteiger charge is -2.25. The molecule has 1 amide bonds. The third-order valence-electron chi connectivity index (χ3n) is 3.46. The third kappa shape index (κ3) is 3.90. The summed E-state index contributed by atoms with van der Waals surface area (Å²) in [5, 5.41) is 12.6. The molecule has 0 aromatic heterocycles. The molecular formula is C14H16ClNO4S. The van der Waals surface area contributed by atoms with Crippen molar-refractivity contribution in [3.8, 4) is 0 Å². The number of carboxylic acids is 1. The summed E-state index contributed by atoms with van der Waals surface area (Å²) in [7, 11) is 0. The maximum Gasteiger partial charge on any atom is 0.313 e. The number of rotatable bonds is 5. The molecule has 1 saturated heterocycles. The van der Waals surface area contributed by atoms with E-state index in [-0.39, 0.29) is 24.9 Å². The van der Waals surface area contributed by atoms with Gasteiger partial charge in [-0.2, -0.15) is 0 Å². The number of hydrogen-bond acceptors (Lipinski definition) is 4. The van der Waals surface area contributed by atoms with Gasteiger partial charge >= 0.3 is 5.97 Å². The predicted molar refractivity (Wildman–Crippen MR) is 80.7 cm³/mol. The van der Waals surface area contributed by atoms with Crippen LogP contribution < -0.4 is 5.32 Å². The molecule has 1 aromatic carbocycles. The van der Waals surface area contributed by atoms with E-state index in [4.69, 9.17) is 16.3 Å². The number of carbonyl (C=O) groups is 2. The van der Waals surface area contributed by atoms with E-state index >= 15 is 0 Å². The van der Waals surface area contributed by atoms with E-state index in [2.05, 4.69) is 5.32 Å². The number of amides is 1. The monoisotopic (exact) mass is 329 g/mol. The zero-order valence-corrected chi connectivity index (χ0v) is 13.0. The Morgan fingerprint density at radius 1 is 1.48 bits per heavy atom. The van der Waals surface area contributed by atoms with Crippen molar-refractivity contribution in [1.29, 1.82) is 0 Å². The van der Waals surface area contributed by atoms with Crippen LogP contribution in [0.15, 0.2) is 29.2 Å². The van der Waals surface area contributed by atoms with Gasteiger partial charge in [0, 0.05) is 9.92 Å². The van der Waals surface area contributed by atoms with Crippen LogP contribution in [0.1, 0.15) is 6.92 Å². The van der Waals surface area contributed by atoms with Crippen LogP contribution in [0.4, 0.5) is 0 Å². The summed E-state index contributed by atoms with van der Waals surface area (Å²) >= 11 is 7.16. The van der Waals surface area contributed by atoms with Crippen LogP contribution in [0, 0.1) is 5.41 Å². The molecule has 2 N–H and O–H groups in total. The van der Waals surface area contributed by atoms with Crippen LogP contribution in [0.5, 0.6) is 0 Å². The summed E-state index contributed by atoms with van der Waals surface area (Å²) in [6.07, 6.45) is 0. The lowest BCUT2D eigenvalue weighted by Crippen LogP contribution is -2.50. The molecule has 7 heteroatoms. The standard InChI is InChI=1S/C14H16ClNO4S/c1-14(13(18)19)8-20-6-11(14)16-12(17)7-21-10-4-2-9(15)3-5-10/h2-5,11H,6-8H2,1H3,(H,16,17)(H,18,19). The van der Waals surface area contributed by atoms with Gasteiger partial charge in [-0.25, -0.2) is 0 Å². The summed E-state index contributed by atoms with van der Waals surface area (Å²) in [4.78, 5) is 24.1. The Kier molecular flexibility index (Phi) is 5.13. The minimum atomic E-state index is -1.07. The molecule has 1 aromatic rings. The maximum absolute atomic E-state index is 11.9. The van der Waals surface area contributed by atoms with Crippen LogP contribution in [0.3, 0.4) is 0 Å². The molecule has 2 atom stereocenters. The summed E-state index contributed by atoms with van der Waals surface area (Å²) in [5.41, 5.74) is -1.07. The minimum Gasteiger partial charge on any atom is -0.481 e. The lowest BCUT2D eigenvalue weighted by atomic mass is 9.85. The fraction of sp³-hybridized carbons (Fsp3) is 0.429. The Bertz CT molecular complexity index is 536. The van der Waals surface area contributed by atoms with Gasteiger partial charge in [-0.1, -0.05) is 11.6 Å². The molecule has 5 nitrogen and oxygen atoms in total. The summed E-state index contributed by atoms with van der Waals surface area (Å²) in [5.74, 6) is -0.957. The number of aliphatic carboxylic acids is 1. The van der Waals surface area contributed by atoms with E-state index < -0.39 is 17.4 Å². The molecule has 0 radical (unpaired) electrons. The van der Waals surface area contributed by atoms with Gasteiger partial charge in [0.2, 0.25) is 5.91 Å². The van der Waals surface area contributed by atoms with Crippen LogP contribution in [0.2, 0.25) is 5.02 Å². The molecular weight excluding hydrogens is 314 g/mol. The van der Waals surface area contributed by atoms with Crippen molar-refractivity contribution in [1.82, 2.24) is 5.32 Å². The van der Waals surface area contributed by atoms with Crippen molar-refractivity contribution in [2.45, 2.75) is 17.9 Å². The van der Waals surface area contributed by atoms with Gasteiger partial charge in [0.25, 0.3) is 0 Å². The molecule has 0 saturated carbocycles. The third-order valence-corrected chi connectivity index (χ3v) is 4.73. The fourth-order valence-electron chi connectivity index (χ4n) is 2.00. The SMILES string of the molecule is CC1(C(=O)O)COCC1NC(=O)CSc1ccc(Cl)cc1. The Balaban J connectivity index is 1.87. The average Bonchev–Trinajstić information content (AvgIpc) is 2.81. The molecule has 1 fully saturated rings. The topological polar surface area (TPSA) is 75.6 Å². The highest BCUT2D eigenvalue weighted by molar-refractivity contribution is 8.00. The van der Waals surface area contributed by atoms with Gasteiger partial charge < -0.3 is 15.2 Å². The largest absolute Gasteiger partial charge is 0.481 e. The van der Waals surface area contributed by atoms with Crippen molar-refractivity contribution in [3.63, 3.8) is 0 Å². The first kappa shape index (κ1) is 16.1. The molecule has 1 aliphatic rings. The summed E-state index contributed by atoms with van der Waals surface area (Å²) in [6, 6.07) is 6.68. The molecule has 1 heterocycles. The highest BCUT2D eigenvalue weighted by Gasteiger charge is 2.47. The number of thioether (sulfide) groups is 1. The van der Waals surface area contributed by atoms with E-state index in [1.165, 1.54) is 11.8 Å². The number of benzene rings is 1. The second-order valence-corrected chi connectivity index (χ2v) is 6.59. The fourth-order valence-corrected chi connectivity index (χ4v) is 2.84. The zero-order chi connectivity index (χ0) is 15.5. The van der Waals surface area contributed by atoms with Crippen molar-refractivity contribution >= 4 is 35.2 Å². The van der Waals surface area contributed by atoms with Crippen molar-refractivity contribution in [2.24, 2.45) is 5.41 Å². The molecule has 2 rings (SSSR count). The van der Waals surface area contributed by atoms with Crippen molar-refractivity contribution < 1.29 is 19.4 Å². The van der Waals surface area contributed by atoms with Gasteiger partial charge in [0.15, 0.2) is 0 Å². The van der Waals surface area contributed by atoms with E-state index in [0.29, 0.717) is 5.02 Å². The van der Waals surface area contributed by atoms with Crippen LogP contribution in [-0.2, 0) is 14.3 Å². The van der Waals surface area contributed by atoms with Gasteiger partial charge in [0.1, 0.15) is 5.41 Å². The molecule has 0 bridgehead atoms. The second-order valence-electron chi connectivity index (χ2n) is 5.10. The molecule has 1 aliphatic heterocycles. The van der Waals surface area contributed by atoms with E-state index in [1.54, 1.807) is 19.1 Å². The minimum absolute atomic E-state index is 0.109. The van der Waals surface area contributed by atoms with Crippen LogP contribution in [-0.4, -0.2) is 42.0 Å². The second kappa shape index (κ2) is 6.68. The zero-order valence-electron chi connectivity index (χ0n) is 11.5. The Morgan fingerprint density at radius 3 is 2.76 bits per heavy atom. The number of carbonyl (C=O) groups excluding carboxylic acids is 1. The van der Waals surface area contributed by atoms with E-state index in [1.807, 2.05) is 12.1 Å². The summed E-state index contributed by atoms with van der Waals surface area (Å²) < 4.78 is 5.19. The first-order valence-electron chi connectivity index (χ1n) is 6.41. The average molecular weight is 330 g/mol. The highest BCUT2D eigenvalue weighted by Crippen LogP contribution is 2.29. The maximum atomic E-state index is 11.9. The summed E-state index contributed by atoms with van der Waals surface area (Å²) in [6.45, 7) is 1.91. The Hall–Kier alpha value is -1.24. The highest BCUT2D eigenvalue weighted by atomic mass is 35.5. The Morgan fingerprint density at radius 2 is 2.14 bits per heavy atom. The molecule has 21 heavy (non-hydrogen) atoms. The quantitative estimate of drug-likeness (QED) is 0.808. The smallest absolute Gasteiger partial charge is 0.313 e. The normalized spacial score (nSPS) is 24.8. The number of ether oxygens (including phenoxy) is 1. The molecule has 0 aliphatic carbocycles. The van der Waals surface area contributed by atoms with Gasteiger partial charge in [-0.3, -0.25) is 9.59 Å². The van der Waals surface area contributed by atoms with Gasteiger partial charge in [0.05, 0.1) is 25.0 Å². The van der Waals surface area contributed by atoms with Gasteiger partial charge in [-0.15, -0.1) is 11.8 Å². The lowest BCUT2D eigenvalue weighted by molar-refractivity contribution is -0.148. The number of nitrogens with one attached hydrogen (secondary N) is 1. The molecule has 2 unspecified atom stereocenters. The van der Waals surface area contributed by atoms with Crippen molar-refractivity contribution in [2.75, 3.05) is 19.0 Å². The molecule has 114 valence electrons. The van der Waals surface area contributed by atoms with Crippen LogP contribution >= 0.6 is 23.4 Å². The first-order chi connectivity index (χ1) is 9.91. The molecule has 0 spiro atoms. The van der Waals surface area contributed by atoms with Crippen LogP contribution in [0.25, 0.3) is 0 Å². The van der Waals surface area contributed by atoms with E-state index in [9.17, 15) is 14.7 Å². The van der Waals surface area contributed by atoms with Gasteiger partial charge in [-0.05, 0) is 31.2 Å².